The highest BCUT2D eigenvalue weighted by atomic mass is 32.2. The Balaban J connectivity index is 0.000000189. The minimum Gasteiger partial charge on any atom is -0.302 e. The summed E-state index contributed by atoms with van der Waals surface area (Å²) in [6, 6.07) is 27.2. The van der Waals surface area contributed by atoms with Gasteiger partial charge < -0.3 is 4.79 Å². The summed E-state index contributed by atoms with van der Waals surface area (Å²) in [7, 11) is -3.47. The van der Waals surface area contributed by atoms with Crippen LogP contribution in [0.25, 0.3) is 11.1 Å². The molecule has 0 fully saturated rings. The van der Waals surface area contributed by atoms with Crippen LogP contribution in [0.4, 0.5) is 0 Å². The Kier molecular flexibility index (Phi) is 6.87. The van der Waals surface area contributed by atoms with Crippen molar-refractivity contribution in [1.29, 1.82) is 0 Å². The maximum absolute atomic E-state index is 11.6. The van der Waals surface area contributed by atoms with E-state index in [-0.39, 0.29) is 4.90 Å². The van der Waals surface area contributed by atoms with Gasteiger partial charge in [0.1, 0.15) is 11.5 Å². The van der Waals surface area contributed by atoms with Crippen LogP contribution in [0.15, 0.2) is 89.8 Å². The molecular weight excluding hydrogens is 344 g/mol. The quantitative estimate of drug-likeness (QED) is 0.628. The molecule has 4 heteroatoms. The molecule has 0 saturated heterocycles. The Bertz CT molecular complexity index is 879. The molecule has 0 saturated carbocycles. The lowest BCUT2D eigenvalue weighted by Gasteiger charge is -2.06. The van der Waals surface area contributed by atoms with Crippen molar-refractivity contribution < 1.29 is 13.2 Å². The van der Waals surface area contributed by atoms with E-state index in [2.05, 4.69) is 48.5 Å². The van der Waals surface area contributed by atoms with E-state index in [4.69, 9.17) is 0 Å². The van der Waals surface area contributed by atoms with Crippen molar-refractivity contribution in [2.45, 2.75) is 24.0 Å². The highest BCUT2D eigenvalue weighted by Crippen LogP contribution is 2.17. The van der Waals surface area contributed by atoms with E-state index in [1.165, 1.54) is 30.2 Å². The van der Waals surface area contributed by atoms with Crippen LogP contribution in [0.5, 0.6) is 0 Å². The molecule has 0 aromatic heterocycles. The smallest absolute Gasteiger partial charge is 0.187 e. The summed E-state index contributed by atoms with van der Waals surface area (Å²) < 4.78 is 23.3. The van der Waals surface area contributed by atoms with Gasteiger partial charge in [-0.3, -0.25) is 0 Å². The van der Waals surface area contributed by atoms with Crippen molar-refractivity contribution in [3.05, 3.63) is 90.5 Å². The number of sulfone groups is 1. The second-order valence-corrected chi connectivity index (χ2v) is 8.24. The van der Waals surface area contributed by atoms with Gasteiger partial charge in [-0.2, -0.15) is 0 Å². The van der Waals surface area contributed by atoms with Gasteiger partial charge in [0.25, 0.3) is 0 Å². The Morgan fingerprint density at radius 3 is 1.54 bits per heavy atom. The van der Waals surface area contributed by atoms with Gasteiger partial charge in [0.05, 0.1) is 4.90 Å². The van der Waals surface area contributed by atoms with Crippen molar-refractivity contribution >= 4 is 16.1 Å². The standard InChI is InChI=1S/C12H10.C10H12O3S/c1-3-7-11(8-4-1)12-9-5-2-6-10-12;1-8-3-5-10(6-4-8)14(12,13)9(2)7-11/h1-10H;3-7,9H,1-2H3. The first-order valence-electron chi connectivity index (χ1n) is 8.31. The average molecular weight is 366 g/mol. The van der Waals surface area contributed by atoms with Crippen molar-refractivity contribution in [2.75, 3.05) is 0 Å². The molecule has 3 aromatic carbocycles. The number of benzene rings is 3. The average Bonchev–Trinajstić information content (AvgIpc) is 2.69. The first-order valence-corrected chi connectivity index (χ1v) is 9.86. The predicted molar refractivity (Wildman–Crippen MR) is 106 cm³/mol. The van der Waals surface area contributed by atoms with Gasteiger partial charge >= 0.3 is 0 Å². The SMILES string of the molecule is Cc1ccc(S(=O)(=O)C(C)C=O)cc1.c1ccc(-c2ccccc2)cc1. The molecule has 0 amide bonds. The normalized spacial score (nSPS) is 11.8. The summed E-state index contributed by atoms with van der Waals surface area (Å²) in [6.45, 7) is 3.25. The lowest BCUT2D eigenvalue weighted by atomic mass is 10.1. The molecular formula is C22H22O3S. The first-order chi connectivity index (χ1) is 12.4. The fourth-order valence-corrected chi connectivity index (χ4v) is 3.37. The van der Waals surface area contributed by atoms with E-state index >= 15 is 0 Å². The zero-order valence-corrected chi connectivity index (χ0v) is 15.7. The molecule has 0 bridgehead atoms. The van der Waals surface area contributed by atoms with Crippen LogP contribution >= 0.6 is 0 Å². The highest BCUT2D eigenvalue weighted by Gasteiger charge is 2.21. The molecule has 0 spiro atoms. The number of hydrogen-bond acceptors (Lipinski definition) is 3. The number of hydrogen-bond donors (Lipinski definition) is 0. The first kappa shape index (κ1) is 19.6. The molecule has 3 nitrogen and oxygen atoms in total. The Hall–Kier alpha value is -2.72. The van der Waals surface area contributed by atoms with Crippen molar-refractivity contribution in [1.82, 2.24) is 0 Å². The molecule has 134 valence electrons. The third-order valence-corrected chi connectivity index (χ3v) is 5.93. The van der Waals surface area contributed by atoms with Crippen LogP contribution in [0.3, 0.4) is 0 Å². The third-order valence-electron chi connectivity index (χ3n) is 3.91. The van der Waals surface area contributed by atoms with Gasteiger partial charge in [0.15, 0.2) is 9.84 Å². The lowest BCUT2D eigenvalue weighted by molar-refractivity contribution is -0.107. The molecule has 0 N–H and O–H groups in total. The maximum atomic E-state index is 11.6. The summed E-state index contributed by atoms with van der Waals surface area (Å²) in [5.74, 6) is 0. The number of carbonyl (C=O) groups is 1. The number of rotatable bonds is 4. The van der Waals surface area contributed by atoms with E-state index < -0.39 is 15.1 Å². The molecule has 1 atom stereocenters. The Morgan fingerprint density at radius 1 is 0.731 bits per heavy atom. The highest BCUT2D eigenvalue weighted by molar-refractivity contribution is 7.92. The zero-order valence-electron chi connectivity index (χ0n) is 14.9. The Morgan fingerprint density at radius 2 is 1.15 bits per heavy atom. The van der Waals surface area contributed by atoms with Crippen molar-refractivity contribution in [3.63, 3.8) is 0 Å². The van der Waals surface area contributed by atoms with Gasteiger partial charge in [-0.1, -0.05) is 78.4 Å². The van der Waals surface area contributed by atoms with Gasteiger partial charge in [-0.05, 0) is 37.1 Å². The number of aryl methyl sites for hydroxylation is 1. The summed E-state index contributed by atoms with van der Waals surface area (Å²) in [5, 5.41) is -0.981. The van der Waals surface area contributed by atoms with Crippen LogP contribution < -0.4 is 0 Å². The van der Waals surface area contributed by atoms with Gasteiger partial charge in [-0.15, -0.1) is 0 Å². The van der Waals surface area contributed by atoms with Crippen LogP contribution in [0.2, 0.25) is 0 Å². The maximum Gasteiger partial charge on any atom is 0.187 e. The summed E-state index contributed by atoms with van der Waals surface area (Å²) >= 11 is 0. The van der Waals surface area contributed by atoms with E-state index in [1.807, 2.05) is 19.1 Å². The minimum absolute atomic E-state index is 0.197. The molecule has 1 unspecified atom stereocenters. The molecule has 3 rings (SSSR count). The molecule has 26 heavy (non-hydrogen) atoms. The molecule has 3 aromatic rings. The van der Waals surface area contributed by atoms with Crippen LogP contribution in [-0.2, 0) is 14.6 Å². The van der Waals surface area contributed by atoms with E-state index in [0.29, 0.717) is 6.29 Å². The number of carbonyl (C=O) groups excluding carboxylic acids is 1. The van der Waals surface area contributed by atoms with E-state index in [9.17, 15) is 13.2 Å². The zero-order chi connectivity index (χ0) is 19.0. The Labute approximate surface area is 155 Å². The molecule has 0 aliphatic carbocycles. The van der Waals surface area contributed by atoms with Crippen LogP contribution in [-0.4, -0.2) is 20.0 Å². The topological polar surface area (TPSA) is 51.2 Å². The monoisotopic (exact) mass is 366 g/mol. The summed E-state index contributed by atoms with van der Waals surface area (Å²) in [4.78, 5) is 10.6. The van der Waals surface area contributed by atoms with Gasteiger partial charge in [-0.25, -0.2) is 8.42 Å². The molecule has 0 aliphatic rings. The fraction of sp³-hybridized carbons (Fsp3) is 0.136. The molecule has 0 aliphatic heterocycles. The second-order valence-electron chi connectivity index (χ2n) is 5.93. The fourth-order valence-electron chi connectivity index (χ4n) is 2.28. The largest absolute Gasteiger partial charge is 0.302 e. The van der Waals surface area contributed by atoms with E-state index in [0.717, 1.165) is 5.56 Å². The number of aldehydes is 1. The van der Waals surface area contributed by atoms with Crippen LogP contribution in [0.1, 0.15) is 12.5 Å². The van der Waals surface area contributed by atoms with Crippen molar-refractivity contribution in [3.8, 4) is 11.1 Å². The molecule has 0 heterocycles. The molecule has 0 radical (unpaired) electrons. The summed E-state index contributed by atoms with van der Waals surface area (Å²) in [6.07, 6.45) is 0.440. The minimum atomic E-state index is -3.47. The summed E-state index contributed by atoms with van der Waals surface area (Å²) in [5.41, 5.74) is 3.54. The second kappa shape index (κ2) is 9.11. The third kappa shape index (κ3) is 5.14. The van der Waals surface area contributed by atoms with Gasteiger partial charge in [0.2, 0.25) is 0 Å². The van der Waals surface area contributed by atoms with E-state index in [1.54, 1.807) is 12.1 Å². The van der Waals surface area contributed by atoms with Crippen molar-refractivity contribution in [2.24, 2.45) is 0 Å². The van der Waals surface area contributed by atoms with Crippen LogP contribution in [0, 0.1) is 6.92 Å². The van der Waals surface area contributed by atoms with Gasteiger partial charge in [0, 0.05) is 0 Å². The lowest BCUT2D eigenvalue weighted by Crippen LogP contribution is -2.19. The predicted octanol–water partition coefficient (Wildman–Crippen LogP) is 4.71.